The van der Waals surface area contributed by atoms with Crippen molar-refractivity contribution in [2.24, 2.45) is 5.73 Å². The fraction of sp³-hybridized carbons (Fsp3) is 0.312. The van der Waals surface area contributed by atoms with Gasteiger partial charge in [-0.3, -0.25) is 0 Å². The van der Waals surface area contributed by atoms with E-state index in [0.717, 1.165) is 21.2 Å². The van der Waals surface area contributed by atoms with Crippen LogP contribution in [0.4, 0.5) is 4.39 Å². The minimum Gasteiger partial charge on any atom is -0.324 e. The standard InChI is InChI=1S/C16H19FN2S/c1-9-5-11(3)19-16(6-9)20-15-7-10(2)14(17)8-13(15)12(4)18/h5-8,12H,18H2,1-4H3. The highest BCUT2D eigenvalue weighted by Crippen LogP contribution is 2.34. The van der Waals surface area contributed by atoms with E-state index in [1.807, 2.05) is 39.0 Å². The molecule has 0 aliphatic heterocycles. The van der Waals surface area contributed by atoms with E-state index < -0.39 is 0 Å². The van der Waals surface area contributed by atoms with Gasteiger partial charge in [0.1, 0.15) is 10.8 Å². The van der Waals surface area contributed by atoms with E-state index in [-0.39, 0.29) is 11.9 Å². The Morgan fingerprint density at radius 3 is 2.45 bits per heavy atom. The lowest BCUT2D eigenvalue weighted by molar-refractivity contribution is 0.610. The highest BCUT2D eigenvalue weighted by Gasteiger charge is 2.13. The second-order valence-corrected chi connectivity index (χ2v) is 6.22. The SMILES string of the molecule is Cc1cc(C)nc(Sc2cc(C)c(F)cc2C(C)N)c1. The zero-order valence-electron chi connectivity index (χ0n) is 12.2. The van der Waals surface area contributed by atoms with Gasteiger partial charge in [0.2, 0.25) is 0 Å². The van der Waals surface area contributed by atoms with E-state index in [2.05, 4.69) is 4.98 Å². The Morgan fingerprint density at radius 1 is 1.15 bits per heavy atom. The van der Waals surface area contributed by atoms with Crippen LogP contribution in [-0.4, -0.2) is 4.98 Å². The molecule has 0 aliphatic rings. The van der Waals surface area contributed by atoms with Crippen molar-refractivity contribution < 1.29 is 4.39 Å². The molecule has 106 valence electrons. The molecule has 4 heteroatoms. The molecule has 0 bridgehead atoms. The maximum absolute atomic E-state index is 13.7. The lowest BCUT2D eigenvalue weighted by Gasteiger charge is -2.14. The van der Waals surface area contributed by atoms with Gasteiger partial charge < -0.3 is 5.73 Å². The van der Waals surface area contributed by atoms with Crippen LogP contribution >= 0.6 is 11.8 Å². The lowest BCUT2D eigenvalue weighted by atomic mass is 10.1. The van der Waals surface area contributed by atoms with E-state index in [1.165, 1.54) is 23.4 Å². The summed E-state index contributed by atoms with van der Waals surface area (Å²) in [5.41, 5.74) is 9.54. The Hall–Kier alpha value is -1.39. The second-order valence-electron chi connectivity index (χ2n) is 5.15. The van der Waals surface area contributed by atoms with Crippen molar-refractivity contribution in [1.29, 1.82) is 0 Å². The number of benzene rings is 1. The third kappa shape index (κ3) is 3.38. The zero-order chi connectivity index (χ0) is 14.9. The maximum Gasteiger partial charge on any atom is 0.126 e. The van der Waals surface area contributed by atoms with Gasteiger partial charge in [-0.25, -0.2) is 9.37 Å². The van der Waals surface area contributed by atoms with Gasteiger partial charge >= 0.3 is 0 Å². The highest BCUT2D eigenvalue weighted by molar-refractivity contribution is 7.99. The van der Waals surface area contributed by atoms with Crippen LogP contribution < -0.4 is 5.73 Å². The smallest absolute Gasteiger partial charge is 0.126 e. The van der Waals surface area contributed by atoms with Gasteiger partial charge in [-0.15, -0.1) is 0 Å². The van der Waals surface area contributed by atoms with Gasteiger partial charge in [0.05, 0.1) is 0 Å². The third-order valence-electron chi connectivity index (χ3n) is 3.07. The van der Waals surface area contributed by atoms with Crippen LogP contribution in [0.5, 0.6) is 0 Å². The molecule has 1 atom stereocenters. The van der Waals surface area contributed by atoms with Crippen LogP contribution in [0.2, 0.25) is 0 Å². The van der Waals surface area contributed by atoms with Gasteiger partial charge in [-0.05, 0) is 68.7 Å². The van der Waals surface area contributed by atoms with E-state index in [9.17, 15) is 4.39 Å². The molecule has 1 aromatic heterocycles. The molecule has 0 saturated heterocycles. The summed E-state index contributed by atoms with van der Waals surface area (Å²) in [5, 5.41) is 0.912. The molecule has 1 unspecified atom stereocenters. The van der Waals surface area contributed by atoms with Crippen LogP contribution in [0, 0.1) is 26.6 Å². The van der Waals surface area contributed by atoms with E-state index >= 15 is 0 Å². The first-order valence-corrected chi connectivity index (χ1v) is 7.37. The Morgan fingerprint density at radius 2 is 1.85 bits per heavy atom. The molecule has 0 fully saturated rings. The largest absolute Gasteiger partial charge is 0.324 e. The molecule has 1 heterocycles. The summed E-state index contributed by atoms with van der Waals surface area (Å²) in [6, 6.07) is 7.23. The van der Waals surface area contributed by atoms with Crippen molar-refractivity contribution in [2.45, 2.75) is 43.7 Å². The van der Waals surface area contributed by atoms with Crippen LogP contribution in [-0.2, 0) is 0 Å². The number of aromatic nitrogens is 1. The monoisotopic (exact) mass is 290 g/mol. The Kier molecular flexibility index (Phi) is 4.45. The quantitative estimate of drug-likeness (QED) is 0.915. The zero-order valence-corrected chi connectivity index (χ0v) is 13.0. The molecule has 2 rings (SSSR count). The fourth-order valence-electron chi connectivity index (χ4n) is 2.08. The third-order valence-corrected chi connectivity index (χ3v) is 4.06. The minimum atomic E-state index is -0.213. The van der Waals surface area contributed by atoms with Gasteiger partial charge in [0.25, 0.3) is 0 Å². The maximum atomic E-state index is 13.7. The van der Waals surface area contributed by atoms with Gasteiger partial charge in [0.15, 0.2) is 0 Å². The van der Waals surface area contributed by atoms with Crippen molar-refractivity contribution in [3.05, 3.63) is 52.5 Å². The van der Waals surface area contributed by atoms with Crippen LogP contribution in [0.1, 0.15) is 35.3 Å². The number of nitrogens with zero attached hydrogens (tertiary/aromatic N) is 1. The molecule has 0 aliphatic carbocycles. The number of pyridine rings is 1. The molecule has 20 heavy (non-hydrogen) atoms. The van der Waals surface area contributed by atoms with Gasteiger partial charge in [-0.1, -0.05) is 11.8 Å². The van der Waals surface area contributed by atoms with Gasteiger partial charge in [-0.2, -0.15) is 0 Å². The number of hydrogen-bond acceptors (Lipinski definition) is 3. The first kappa shape index (κ1) is 15.0. The van der Waals surface area contributed by atoms with Crippen molar-refractivity contribution in [3.63, 3.8) is 0 Å². The van der Waals surface area contributed by atoms with Crippen molar-refractivity contribution in [2.75, 3.05) is 0 Å². The summed E-state index contributed by atoms with van der Waals surface area (Å²) < 4.78 is 13.7. The number of hydrogen-bond donors (Lipinski definition) is 1. The van der Waals surface area contributed by atoms with Crippen molar-refractivity contribution >= 4 is 11.8 Å². The molecule has 0 radical (unpaired) electrons. The predicted molar refractivity (Wildman–Crippen MR) is 81.6 cm³/mol. The Bertz CT molecular complexity index is 618. The summed E-state index contributed by atoms with van der Waals surface area (Å²) in [5.74, 6) is -0.213. The predicted octanol–water partition coefficient (Wildman–Crippen LogP) is 4.32. The minimum absolute atomic E-state index is 0.210. The average Bonchev–Trinajstić information content (AvgIpc) is 2.31. The molecular weight excluding hydrogens is 271 g/mol. The molecule has 2 nitrogen and oxygen atoms in total. The van der Waals surface area contributed by atoms with Gasteiger partial charge in [0, 0.05) is 16.6 Å². The Labute approximate surface area is 123 Å². The van der Waals surface area contributed by atoms with Crippen LogP contribution in [0.15, 0.2) is 34.2 Å². The summed E-state index contributed by atoms with van der Waals surface area (Å²) in [7, 11) is 0. The van der Waals surface area contributed by atoms with E-state index in [0.29, 0.717) is 5.56 Å². The molecule has 0 saturated carbocycles. The number of aryl methyl sites for hydroxylation is 3. The van der Waals surface area contributed by atoms with E-state index in [1.54, 1.807) is 6.92 Å². The summed E-state index contributed by atoms with van der Waals surface area (Å²) in [6.07, 6.45) is 0. The molecule has 2 aromatic rings. The number of nitrogens with two attached hydrogens (primary N) is 1. The molecule has 0 amide bonds. The lowest BCUT2D eigenvalue weighted by Crippen LogP contribution is -2.07. The molecule has 1 aromatic carbocycles. The first-order valence-electron chi connectivity index (χ1n) is 6.55. The summed E-state index contributed by atoms with van der Waals surface area (Å²) in [4.78, 5) is 5.48. The average molecular weight is 290 g/mol. The van der Waals surface area contributed by atoms with Crippen molar-refractivity contribution in [3.8, 4) is 0 Å². The first-order chi connectivity index (χ1) is 9.36. The topological polar surface area (TPSA) is 38.9 Å². The highest BCUT2D eigenvalue weighted by atomic mass is 32.2. The normalized spacial score (nSPS) is 12.5. The molecule has 2 N–H and O–H groups in total. The number of halogens is 1. The van der Waals surface area contributed by atoms with Crippen molar-refractivity contribution in [1.82, 2.24) is 4.98 Å². The fourth-order valence-corrected chi connectivity index (χ4v) is 3.34. The van der Waals surface area contributed by atoms with Crippen LogP contribution in [0.25, 0.3) is 0 Å². The van der Waals surface area contributed by atoms with Crippen LogP contribution in [0.3, 0.4) is 0 Å². The summed E-state index contributed by atoms with van der Waals surface area (Å²) in [6.45, 7) is 7.64. The Balaban J connectivity index is 2.44. The molecule has 0 spiro atoms. The number of rotatable bonds is 3. The molecular formula is C16H19FN2S. The second kappa shape index (κ2) is 5.94. The summed E-state index contributed by atoms with van der Waals surface area (Å²) >= 11 is 1.54. The van der Waals surface area contributed by atoms with E-state index in [4.69, 9.17) is 5.73 Å².